The average molecular weight is 189 g/mol. The van der Waals surface area contributed by atoms with Crippen LogP contribution < -0.4 is 5.06 Å². The van der Waals surface area contributed by atoms with Gasteiger partial charge in [0.15, 0.2) is 0 Å². The second-order valence-corrected chi connectivity index (χ2v) is 4.40. The molecule has 0 radical (unpaired) electrons. The van der Waals surface area contributed by atoms with E-state index in [4.69, 9.17) is 0 Å². The molecule has 1 aromatic carbocycles. The van der Waals surface area contributed by atoms with Crippen LogP contribution in [0, 0.1) is 5.21 Å². The van der Waals surface area contributed by atoms with Gasteiger partial charge in [-0.3, -0.25) is 0 Å². The summed E-state index contributed by atoms with van der Waals surface area (Å²) in [4.78, 5) is 0. The van der Waals surface area contributed by atoms with E-state index in [1.54, 1.807) is 0 Å². The number of rotatable bonds is 1. The molecule has 1 N–H and O–H groups in total. The largest absolute Gasteiger partial charge is 0.628 e. The van der Waals surface area contributed by atoms with Crippen LogP contribution in [0.1, 0.15) is 25.8 Å². The lowest BCUT2D eigenvalue weighted by Crippen LogP contribution is -3.11. The van der Waals surface area contributed by atoms with Crippen molar-refractivity contribution in [3.63, 3.8) is 0 Å². The Bertz CT molecular complexity index is 354. The zero-order valence-corrected chi connectivity index (χ0v) is 8.58. The summed E-state index contributed by atoms with van der Waals surface area (Å²) in [5, 5.41) is 12.2. The van der Waals surface area contributed by atoms with Crippen LogP contribution in [0.3, 0.4) is 0 Å². The molecule has 2 rings (SSSR count). The minimum Gasteiger partial charge on any atom is -0.628 e. The zero-order chi connectivity index (χ0) is 10.2. The lowest BCUT2D eigenvalue weighted by Gasteiger charge is -2.33. The van der Waals surface area contributed by atoms with Crippen molar-refractivity contribution in [1.82, 2.24) is 0 Å². The SMILES string of the molecule is CC1(C)CC=C(c2ccccc2)[NH+]1[O-]. The van der Waals surface area contributed by atoms with E-state index in [0.717, 1.165) is 17.7 Å². The van der Waals surface area contributed by atoms with E-state index in [1.165, 1.54) is 0 Å². The molecule has 1 heterocycles. The second kappa shape index (κ2) is 3.23. The summed E-state index contributed by atoms with van der Waals surface area (Å²) in [5.74, 6) is 0. The van der Waals surface area contributed by atoms with Crippen molar-refractivity contribution in [2.75, 3.05) is 0 Å². The van der Waals surface area contributed by atoms with Gasteiger partial charge in [-0.2, -0.15) is 0 Å². The second-order valence-electron chi connectivity index (χ2n) is 4.40. The van der Waals surface area contributed by atoms with Crippen molar-refractivity contribution < 1.29 is 5.06 Å². The molecule has 0 aromatic heterocycles. The van der Waals surface area contributed by atoms with Gasteiger partial charge in [-0.25, -0.2) is 0 Å². The predicted molar refractivity (Wildman–Crippen MR) is 57.4 cm³/mol. The summed E-state index contributed by atoms with van der Waals surface area (Å²) < 4.78 is 0. The molecule has 14 heavy (non-hydrogen) atoms. The zero-order valence-electron chi connectivity index (χ0n) is 8.58. The van der Waals surface area contributed by atoms with E-state index in [2.05, 4.69) is 6.08 Å². The maximum atomic E-state index is 12.0. The summed E-state index contributed by atoms with van der Waals surface area (Å²) >= 11 is 0. The predicted octanol–water partition coefficient (Wildman–Crippen LogP) is 1.59. The normalized spacial score (nSPS) is 24.8. The first-order valence-corrected chi connectivity index (χ1v) is 4.92. The Labute approximate surface area is 84.4 Å². The van der Waals surface area contributed by atoms with Crippen molar-refractivity contribution in [3.8, 4) is 0 Å². The van der Waals surface area contributed by atoms with Crippen LogP contribution in [0.4, 0.5) is 0 Å². The number of nitrogens with one attached hydrogen (secondary N) is 1. The van der Waals surface area contributed by atoms with Gasteiger partial charge in [0.25, 0.3) is 0 Å². The van der Waals surface area contributed by atoms with Crippen LogP contribution in [-0.4, -0.2) is 5.54 Å². The Morgan fingerprint density at radius 1 is 1.21 bits per heavy atom. The molecular weight excluding hydrogens is 174 g/mol. The van der Waals surface area contributed by atoms with E-state index in [0.29, 0.717) is 0 Å². The third-order valence-corrected chi connectivity index (χ3v) is 2.76. The van der Waals surface area contributed by atoms with Crippen molar-refractivity contribution in [2.24, 2.45) is 0 Å². The smallest absolute Gasteiger partial charge is 0.135 e. The number of hydrogen-bond acceptors (Lipinski definition) is 1. The summed E-state index contributed by atoms with van der Waals surface area (Å²) in [6.45, 7) is 4.00. The molecule has 2 nitrogen and oxygen atoms in total. The molecule has 0 fully saturated rings. The van der Waals surface area contributed by atoms with Crippen molar-refractivity contribution in [3.05, 3.63) is 47.2 Å². The molecule has 0 saturated carbocycles. The molecule has 1 aromatic rings. The number of hydroxylamine groups is 2. The fraction of sp³-hybridized carbons (Fsp3) is 0.333. The van der Waals surface area contributed by atoms with Crippen LogP contribution in [0.5, 0.6) is 0 Å². The summed E-state index contributed by atoms with van der Waals surface area (Å²) in [7, 11) is 0. The highest BCUT2D eigenvalue weighted by Gasteiger charge is 2.33. The lowest BCUT2D eigenvalue weighted by atomic mass is 10.0. The highest BCUT2D eigenvalue weighted by atomic mass is 16.5. The minimum atomic E-state index is -0.203. The highest BCUT2D eigenvalue weighted by Crippen LogP contribution is 2.20. The Morgan fingerprint density at radius 3 is 2.36 bits per heavy atom. The van der Waals surface area contributed by atoms with Crippen LogP contribution in [0.2, 0.25) is 0 Å². The third kappa shape index (κ3) is 1.47. The van der Waals surface area contributed by atoms with Gasteiger partial charge in [0.05, 0.1) is 0 Å². The first-order chi connectivity index (χ1) is 6.61. The molecule has 1 aliphatic rings. The highest BCUT2D eigenvalue weighted by molar-refractivity contribution is 5.59. The average Bonchev–Trinajstić information content (AvgIpc) is 2.44. The lowest BCUT2D eigenvalue weighted by molar-refractivity contribution is -0.821. The van der Waals surface area contributed by atoms with Gasteiger partial charge < -0.3 is 10.3 Å². The monoisotopic (exact) mass is 189 g/mol. The fourth-order valence-electron chi connectivity index (χ4n) is 1.77. The van der Waals surface area contributed by atoms with E-state index >= 15 is 0 Å². The van der Waals surface area contributed by atoms with Gasteiger partial charge >= 0.3 is 0 Å². The molecule has 2 heteroatoms. The van der Waals surface area contributed by atoms with Crippen molar-refractivity contribution in [1.29, 1.82) is 0 Å². The van der Waals surface area contributed by atoms with Crippen molar-refractivity contribution in [2.45, 2.75) is 25.8 Å². The molecule has 1 aliphatic heterocycles. The van der Waals surface area contributed by atoms with Crippen LogP contribution in [0.15, 0.2) is 36.4 Å². The molecule has 0 amide bonds. The molecule has 1 atom stereocenters. The molecule has 0 aliphatic carbocycles. The maximum absolute atomic E-state index is 12.0. The van der Waals surface area contributed by atoms with Gasteiger partial charge in [-0.15, -0.1) is 0 Å². The van der Waals surface area contributed by atoms with E-state index in [1.807, 2.05) is 44.2 Å². The number of hydrogen-bond donors (Lipinski definition) is 1. The fourth-order valence-corrected chi connectivity index (χ4v) is 1.77. The topological polar surface area (TPSA) is 27.5 Å². The van der Waals surface area contributed by atoms with E-state index in [9.17, 15) is 5.21 Å². The Morgan fingerprint density at radius 2 is 1.86 bits per heavy atom. The number of quaternary nitrogens is 1. The van der Waals surface area contributed by atoms with Crippen LogP contribution in [-0.2, 0) is 0 Å². The Hall–Kier alpha value is -1.12. The molecule has 74 valence electrons. The minimum absolute atomic E-state index is 0.203. The summed E-state index contributed by atoms with van der Waals surface area (Å²) in [6, 6.07) is 9.88. The van der Waals surface area contributed by atoms with Crippen LogP contribution in [0.25, 0.3) is 5.70 Å². The Kier molecular flexibility index (Phi) is 2.17. The van der Waals surface area contributed by atoms with Gasteiger partial charge in [0.2, 0.25) is 0 Å². The number of benzene rings is 1. The Balaban J connectivity index is 2.31. The molecule has 0 saturated heterocycles. The van der Waals surface area contributed by atoms with Gasteiger partial charge in [0, 0.05) is 12.0 Å². The quantitative estimate of drug-likeness (QED) is 0.667. The first-order valence-electron chi connectivity index (χ1n) is 4.92. The molecular formula is C12H15NO. The first kappa shape index (κ1) is 9.44. The summed E-state index contributed by atoms with van der Waals surface area (Å²) in [5.41, 5.74) is 1.73. The van der Waals surface area contributed by atoms with E-state index in [-0.39, 0.29) is 10.6 Å². The van der Waals surface area contributed by atoms with Gasteiger partial charge in [-0.1, -0.05) is 18.2 Å². The van der Waals surface area contributed by atoms with Gasteiger partial charge in [0.1, 0.15) is 11.2 Å². The third-order valence-electron chi connectivity index (χ3n) is 2.76. The summed E-state index contributed by atoms with van der Waals surface area (Å²) in [6.07, 6.45) is 2.91. The van der Waals surface area contributed by atoms with E-state index < -0.39 is 0 Å². The molecule has 1 unspecified atom stereocenters. The standard InChI is InChI=1S/C12H15NO/c1-12(2)9-8-11(13(12)14)10-6-4-3-5-7-10/h3-8,13H,9H2,1-2H3. The van der Waals surface area contributed by atoms with Gasteiger partial charge in [-0.05, 0) is 32.1 Å². The maximum Gasteiger partial charge on any atom is 0.135 e. The van der Waals surface area contributed by atoms with Crippen molar-refractivity contribution >= 4 is 5.70 Å². The molecule has 0 spiro atoms. The molecule has 0 bridgehead atoms. The van der Waals surface area contributed by atoms with Crippen LogP contribution >= 0.6 is 0 Å².